The minimum atomic E-state index is -0.110. The van der Waals surface area contributed by atoms with Gasteiger partial charge in [-0.3, -0.25) is 4.79 Å². The van der Waals surface area contributed by atoms with Crippen LogP contribution in [0.5, 0.6) is 0 Å². The van der Waals surface area contributed by atoms with Gasteiger partial charge in [0, 0.05) is 4.88 Å². The van der Waals surface area contributed by atoms with E-state index >= 15 is 0 Å². The zero-order valence-electron chi connectivity index (χ0n) is 7.60. The minimum Gasteiger partial charge on any atom is -0.307 e. The first kappa shape index (κ1) is 10.6. The van der Waals surface area contributed by atoms with Crippen molar-refractivity contribution in [2.24, 2.45) is 0 Å². The summed E-state index contributed by atoms with van der Waals surface area (Å²) in [6, 6.07) is 4.01. The lowest BCUT2D eigenvalue weighted by Gasteiger charge is -1.86. The Kier molecular flexibility index (Phi) is 3.35. The number of thioether (sulfide) groups is 1. The van der Waals surface area contributed by atoms with Gasteiger partial charge in [-0.1, -0.05) is 36.1 Å². The predicted octanol–water partition coefficient (Wildman–Crippen LogP) is 2.79. The molecule has 76 valence electrons. The van der Waals surface area contributed by atoms with Crippen LogP contribution in [0.2, 0.25) is 0 Å². The van der Waals surface area contributed by atoms with E-state index in [9.17, 15) is 4.79 Å². The van der Waals surface area contributed by atoms with Crippen LogP contribution in [0, 0.1) is 0 Å². The number of carbonyl (C=O) groups excluding carboxylic acids is 1. The summed E-state index contributed by atoms with van der Waals surface area (Å²) in [7, 11) is 0. The van der Waals surface area contributed by atoms with E-state index in [1.165, 1.54) is 11.8 Å². The number of amides is 1. The summed E-state index contributed by atoms with van der Waals surface area (Å²) in [5.41, 5.74) is 0. The van der Waals surface area contributed by atoms with Gasteiger partial charge in [-0.15, -0.1) is 11.3 Å². The van der Waals surface area contributed by atoms with Crippen LogP contribution in [0.15, 0.2) is 34.6 Å². The van der Waals surface area contributed by atoms with Crippen LogP contribution >= 0.6 is 35.3 Å². The molecule has 1 amide bonds. The Morgan fingerprint density at radius 1 is 1.47 bits per heavy atom. The molecule has 1 fully saturated rings. The molecule has 0 atom stereocenters. The highest BCUT2D eigenvalue weighted by Gasteiger charge is 2.20. The van der Waals surface area contributed by atoms with E-state index in [2.05, 4.69) is 5.32 Å². The highest BCUT2D eigenvalue weighted by Crippen LogP contribution is 2.23. The van der Waals surface area contributed by atoms with Gasteiger partial charge in [-0.25, -0.2) is 0 Å². The normalized spacial score (nSPS) is 19.1. The van der Waals surface area contributed by atoms with Crippen molar-refractivity contribution in [1.29, 1.82) is 0 Å². The van der Waals surface area contributed by atoms with Gasteiger partial charge in [0.15, 0.2) is 0 Å². The lowest BCUT2D eigenvalue weighted by Crippen LogP contribution is -2.17. The molecule has 2 rings (SSSR count). The molecule has 0 aromatic carbocycles. The van der Waals surface area contributed by atoms with Crippen LogP contribution in [-0.2, 0) is 4.79 Å². The largest absolute Gasteiger partial charge is 0.307 e. The Morgan fingerprint density at radius 3 is 2.93 bits per heavy atom. The van der Waals surface area contributed by atoms with Crippen LogP contribution < -0.4 is 5.32 Å². The number of carbonyl (C=O) groups is 1. The van der Waals surface area contributed by atoms with Crippen molar-refractivity contribution in [3.63, 3.8) is 0 Å². The van der Waals surface area contributed by atoms with Crippen molar-refractivity contribution in [1.82, 2.24) is 5.32 Å². The molecule has 0 saturated carbocycles. The highest BCUT2D eigenvalue weighted by atomic mass is 32.2. The average Bonchev–Trinajstić information content (AvgIpc) is 2.77. The molecule has 5 heteroatoms. The van der Waals surface area contributed by atoms with E-state index in [0.717, 1.165) is 4.88 Å². The lowest BCUT2D eigenvalue weighted by molar-refractivity contribution is -0.115. The number of allylic oxidation sites excluding steroid dienone is 2. The van der Waals surface area contributed by atoms with E-state index in [1.807, 2.05) is 29.7 Å². The molecule has 0 spiro atoms. The topological polar surface area (TPSA) is 29.1 Å². The first-order valence-electron chi connectivity index (χ1n) is 4.21. The number of nitrogens with one attached hydrogen (secondary N) is 1. The second-order valence-electron chi connectivity index (χ2n) is 2.75. The smallest absolute Gasteiger partial charge is 0.263 e. The maximum absolute atomic E-state index is 11.3. The summed E-state index contributed by atoms with van der Waals surface area (Å²) in [4.78, 5) is 13.1. The zero-order valence-corrected chi connectivity index (χ0v) is 10.0. The maximum Gasteiger partial charge on any atom is 0.263 e. The Morgan fingerprint density at radius 2 is 2.33 bits per heavy atom. The van der Waals surface area contributed by atoms with Crippen LogP contribution in [0.3, 0.4) is 0 Å². The molecule has 2 heterocycles. The van der Waals surface area contributed by atoms with Gasteiger partial charge in [0.2, 0.25) is 0 Å². The van der Waals surface area contributed by atoms with Gasteiger partial charge in [-0.2, -0.15) is 0 Å². The van der Waals surface area contributed by atoms with Crippen molar-refractivity contribution < 1.29 is 4.79 Å². The van der Waals surface area contributed by atoms with Crippen molar-refractivity contribution in [3.05, 3.63) is 39.4 Å². The van der Waals surface area contributed by atoms with E-state index in [-0.39, 0.29) is 5.91 Å². The number of rotatable bonds is 2. The number of thiocarbonyl (C=S) groups is 1. The molecular weight excluding hydrogens is 246 g/mol. The summed E-state index contributed by atoms with van der Waals surface area (Å²) < 4.78 is 0.524. The monoisotopic (exact) mass is 253 g/mol. The summed E-state index contributed by atoms with van der Waals surface area (Å²) >= 11 is 7.82. The van der Waals surface area contributed by atoms with E-state index in [4.69, 9.17) is 12.2 Å². The second-order valence-corrected chi connectivity index (χ2v) is 5.45. The molecule has 1 aromatic heterocycles. The summed E-state index contributed by atoms with van der Waals surface area (Å²) in [6.07, 6.45) is 5.60. The molecule has 1 saturated heterocycles. The van der Waals surface area contributed by atoms with Crippen molar-refractivity contribution in [2.75, 3.05) is 0 Å². The third-order valence-corrected chi connectivity index (χ3v) is 3.71. The van der Waals surface area contributed by atoms with Gasteiger partial charge in [0.1, 0.15) is 4.32 Å². The fourth-order valence-electron chi connectivity index (χ4n) is 1.05. The van der Waals surface area contributed by atoms with Crippen LogP contribution in [0.1, 0.15) is 4.88 Å². The molecule has 1 aliphatic rings. The molecular formula is C10H7NOS3. The fraction of sp³-hybridized carbons (Fsp3) is 0. The Labute approximate surface area is 101 Å². The van der Waals surface area contributed by atoms with E-state index < -0.39 is 0 Å². The molecule has 2 nitrogen and oxygen atoms in total. The van der Waals surface area contributed by atoms with Crippen LogP contribution in [0.4, 0.5) is 0 Å². The van der Waals surface area contributed by atoms with Crippen LogP contribution in [-0.4, -0.2) is 10.2 Å². The Bertz CT molecular complexity index is 445. The predicted molar refractivity (Wildman–Crippen MR) is 69.8 cm³/mol. The zero-order chi connectivity index (χ0) is 10.7. The third-order valence-electron chi connectivity index (χ3n) is 1.69. The minimum absolute atomic E-state index is 0.110. The second kappa shape index (κ2) is 4.74. The lowest BCUT2D eigenvalue weighted by atomic mass is 10.4. The fourth-order valence-corrected chi connectivity index (χ4v) is 2.68. The number of thiophene rings is 1. The summed E-state index contributed by atoms with van der Waals surface area (Å²) in [5.74, 6) is -0.110. The maximum atomic E-state index is 11.3. The third kappa shape index (κ3) is 2.77. The molecule has 1 aliphatic heterocycles. The average molecular weight is 253 g/mol. The van der Waals surface area contributed by atoms with Gasteiger partial charge in [0.05, 0.1) is 4.91 Å². The molecule has 15 heavy (non-hydrogen) atoms. The van der Waals surface area contributed by atoms with E-state index in [1.54, 1.807) is 17.4 Å². The SMILES string of the molecule is O=C1NC(=S)SC1=CC=Cc1cccs1. The van der Waals surface area contributed by atoms with E-state index in [0.29, 0.717) is 9.23 Å². The molecule has 0 bridgehead atoms. The first-order valence-corrected chi connectivity index (χ1v) is 6.31. The van der Waals surface area contributed by atoms with Gasteiger partial charge in [-0.05, 0) is 23.6 Å². The quantitative estimate of drug-likeness (QED) is 0.649. The van der Waals surface area contributed by atoms with Gasteiger partial charge in [0.25, 0.3) is 5.91 Å². The summed E-state index contributed by atoms with van der Waals surface area (Å²) in [6.45, 7) is 0. The van der Waals surface area contributed by atoms with Crippen molar-refractivity contribution in [3.8, 4) is 0 Å². The molecule has 0 aliphatic carbocycles. The van der Waals surface area contributed by atoms with Crippen LogP contribution in [0.25, 0.3) is 6.08 Å². The molecule has 1 N–H and O–H groups in total. The Hall–Kier alpha value is -0.910. The van der Waals surface area contributed by atoms with Gasteiger partial charge >= 0.3 is 0 Å². The van der Waals surface area contributed by atoms with Crippen molar-refractivity contribution in [2.45, 2.75) is 0 Å². The molecule has 0 unspecified atom stereocenters. The molecule has 0 radical (unpaired) electrons. The first-order chi connectivity index (χ1) is 7.25. The Balaban J connectivity index is 2.06. The van der Waals surface area contributed by atoms with Crippen molar-refractivity contribution >= 4 is 51.6 Å². The van der Waals surface area contributed by atoms with Gasteiger partial charge < -0.3 is 5.32 Å². The summed E-state index contributed by atoms with van der Waals surface area (Å²) in [5, 5.41) is 4.58. The standard InChI is InChI=1S/C10H7NOS3/c12-9-8(15-10(13)11-9)5-1-3-7-4-2-6-14-7/h1-6H,(H,11,12,13). The number of hydrogen-bond donors (Lipinski definition) is 1. The number of hydrogen-bond acceptors (Lipinski definition) is 4. The molecule has 1 aromatic rings. The highest BCUT2D eigenvalue weighted by molar-refractivity contribution is 8.26.